The molecule has 0 aliphatic carbocycles. The topological polar surface area (TPSA) is 26.3 Å². The van der Waals surface area contributed by atoms with Crippen LogP contribution in [0.25, 0.3) is 0 Å². The predicted octanol–water partition coefficient (Wildman–Crippen LogP) is 4.31. The molecule has 0 N–H and O–H groups in total. The molecule has 0 atom stereocenters. The van der Waals surface area contributed by atoms with E-state index in [4.69, 9.17) is 4.74 Å². The van der Waals surface area contributed by atoms with E-state index in [0.29, 0.717) is 11.3 Å². The van der Waals surface area contributed by atoms with Crippen molar-refractivity contribution < 1.29 is 9.53 Å². The second-order valence-electron chi connectivity index (χ2n) is 4.49. The first-order valence-corrected chi connectivity index (χ1v) is 6.77. The number of halogens is 1. The molecule has 2 nitrogen and oxygen atoms in total. The molecule has 0 heterocycles. The molecule has 0 bridgehead atoms. The predicted molar refractivity (Wildman–Crippen MR) is 80.0 cm³/mol. The van der Waals surface area contributed by atoms with Gasteiger partial charge in [0, 0.05) is 15.6 Å². The van der Waals surface area contributed by atoms with Crippen molar-refractivity contribution >= 4 is 21.7 Å². The second-order valence-corrected chi connectivity index (χ2v) is 5.35. The maximum absolute atomic E-state index is 12.6. The first-order valence-electron chi connectivity index (χ1n) is 5.98. The van der Waals surface area contributed by atoms with Gasteiger partial charge in [-0.1, -0.05) is 39.7 Å². The summed E-state index contributed by atoms with van der Waals surface area (Å²) in [7, 11) is 1.59. The third-order valence-electron chi connectivity index (χ3n) is 3.04. The molecule has 0 aliphatic rings. The van der Waals surface area contributed by atoms with E-state index in [2.05, 4.69) is 15.9 Å². The van der Waals surface area contributed by atoms with Crippen LogP contribution in [0.15, 0.2) is 40.9 Å². The summed E-state index contributed by atoms with van der Waals surface area (Å²) in [4.78, 5) is 12.6. The van der Waals surface area contributed by atoms with Crippen LogP contribution in [-0.4, -0.2) is 12.9 Å². The number of hydrogen-bond donors (Lipinski definition) is 0. The summed E-state index contributed by atoms with van der Waals surface area (Å²) in [6, 6.07) is 11.2. The summed E-state index contributed by atoms with van der Waals surface area (Å²) in [6.07, 6.45) is 0. The van der Waals surface area contributed by atoms with Gasteiger partial charge in [-0.25, -0.2) is 0 Å². The minimum atomic E-state index is 0.00303. The highest BCUT2D eigenvalue weighted by Gasteiger charge is 2.15. The lowest BCUT2D eigenvalue weighted by atomic mass is 9.97. The second kappa shape index (κ2) is 5.57. The molecule has 0 radical (unpaired) electrons. The highest BCUT2D eigenvalue weighted by molar-refractivity contribution is 9.10. The van der Waals surface area contributed by atoms with Gasteiger partial charge >= 0.3 is 0 Å². The molecule has 0 saturated carbocycles. The quantitative estimate of drug-likeness (QED) is 0.788. The van der Waals surface area contributed by atoms with Crippen LogP contribution in [0.2, 0.25) is 0 Å². The minimum absolute atomic E-state index is 0.00303. The Labute approximate surface area is 121 Å². The standard InChI is InChI=1S/C16H15BrO2/c1-10-4-6-13(11(2)8-10)16(18)14-9-12(19-3)5-7-15(14)17/h4-9H,1-3H3. The number of carbonyl (C=O) groups is 1. The molecular formula is C16H15BrO2. The number of ether oxygens (including phenoxy) is 1. The van der Waals surface area contributed by atoms with Crippen molar-refractivity contribution in [3.05, 3.63) is 63.1 Å². The van der Waals surface area contributed by atoms with Crippen LogP contribution in [0.3, 0.4) is 0 Å². The molecule has 0 spiro atoms. The molecule has 98 valence electrons. The van der Waals surface area contributed by atoms with Crippen molar-refractivity contribution in [2.24, 2.45) is 0 Å². The Morgan fingerprint density at radius 2 is 1.79 bits per heavy atom. The summed E-state index contributed by atoms with van der Waals surface area (Å²) in [5.41, 5.74) is 3.48. The van der Waals surface area contributed by atoms with Gasteiger partial charge in [0.05, 0.1) is 7.11 Å². The monoisotopic (exact) mass is 318 g/mol. The van der Waals surface area contributed by atoms with Crippen molar-refractivity contribution in [3.63, 3.8) is 0 Å². The number of carbonyl (C=O) groups excluding carboxylic acids is 1. The van der Waals surface area contributed by atoms with Crippen LogP contribution in [0.5, 0.6) is 5.75 Å². The Morgan fingerprint density at radius 3 is 2.42 bits per heavy atom. The SMILES string of the molecule is COc1ccc(Br)c(C(=O)c2ccc(C)cc2C)c1. The zero-order valence-corrected chi connectivity index (χ0v) is 12.7. The van der Waals surface area contributed by atoms with Crippen LogP contribution in [0.1, 0.15) is 27.0 Å². The van der Waals surface area contributed by atoms with Crippen LogP contribution in [0, 0.1) is 13.8 Å². The highest BCUT2D eigenvalue weighted by atomic mass is 79.9. The first kappa shape index (κ1) is 13.8. The zero-order chi connectivity index (χ0) is 14.0. The van der Waals surface area contributed by atoms with E-state index in [9.17, 15) is 4.79 Å². The molecule has 2 aromatic carbocycles. The first-order chi connectivity index (χ1) is 9.02. The highest BCUT2D eigenvalue weighted by Crippen LogP contribution is 2.26. The molecule has 19 heavy (non-hydrogen) atoms. The summed E-state index contributed by atoms with van der Waals surface area (Å²) in [6.45, 7) is 3.97. The fraction of sp³-hybridized carbons (Fsp3) is 0.188. The number of rotatable bonds is 3. The van der Waals surface area contributed by atoms with E-state index in [1.165, 1.54) is 0 Å². The van der Waals surface area contributed by atoms with Gasteiger partial charge in [-0.3, -0.25) is 4.79 Å². The maximum atomic E-state index is 12.6. The number of methoxy groups -OCH3 is 1. The zero-order valence-electron chi connectivity index (χ0n) is 11.2. The summed E-state index contributed by atoms with van der Waals surface area (Å²) < 4.78 is 5.95. The molecule has 2 rings (SSSR count). The van der Waals surface area contributed by atoms with Gasteiger partial charge in [-0.2, -0.15) is 0 Å². The van der Waals surface area contributed by atoms with E-state index in [1.807, 2.05) is 44.2 Å². The lowest BCUT2D eigenvalue weighted by Crippen LogP contribution is -2.05. The molecule has 2 aromatic rings. The average molecular weight is 319 g/mol. The lowest BCUT2D eigenvalue weighted by molar-refractivity contribution is 0.103. The lowest BCUT2D eigenvalue weighted by Gasteiger charge is -2.09. The fourth-order valence-corrected chi connectivity index (χ4v) is 2.45. The van der Waals surface area contributed by atoms with Gasteiger partial charge in [0.2, 0.25) is 0 Å². The minimum Gasteiger partial charge on any atom is -0.497 e. The Morgan fingerprint density at radius 1 is 1.05 bits per heavy atom. The summed E-state index contributed by atoms with van der Waals surface area (Å²) in [5, 5.41) is 0. The Bertz CT molecular complexity index is 633. The van der Waals surface area contributed by atoms with Crippen molar-refractivity contribution in [2.75, 3.05) is 7.11 Å². The maximum Gasteiger partial charge on any atom is 0.194 e. The van der Waals surface area contributed by atoms with Gasteiger partial charge in [0.25, 0.3) is 0 Å². The third-order valence-corrected chi connectivity index (χ3v) is 3.74. The third kappa shape index (κ3) is 2.87. The normalized spacial score (nSPS) is 10.3. The molecule has 0 amide bonds. The average Bonchev–Trinajstić information content (AvgIpc) is 2.38. The van der Waals surface area contributed by atoms with Gasteiger partial charge in [0.1, 0.15) is 5.75 Å². The van der Waals surface area contributed by atoms with Crippen LogP contribution in [0.4, 0.5) is 0 Å². The van der Waals surface area contributed by atoms with E-state index in [-0.39, 0.29) is 5.78 Å². The molecule has 0 unspecified atom stereocenters. The van der Waals surface area contributed by atoms with Crippen molar-refractivity contribution in [3.8, 4) is 5.75 Å². The molecule has 3 heteroatoms. The summed E-state index contributed by atoms with van der Waals surface area (Å²) in [5.74, 6) is 0.680. The fourth-order valence-electron chi connectivity index (χ4n) is 2.02. The van der Waals surface area contributed by atoms with E-state index in [0.717, 1.165) is 21.2 Å². The van der Waals surface area contributed by atoms with Crippen LogP contribution >= 0.6 is 15.9 Å². The van der Waals surface area contributed by atoms with Crippen LogP contribution in [-0.2, 0) is 0 Å². The molecule has 0 aromatic heterocycles. The molecular weight excluding hydrogens is 304 g/mol. The largest absolute Gasteiger partial charge is 0.497 e. The molecule has 0 fully saturated rings. The van der Waals surface area contributed by atoms with Gasteiger partial charge in [-0.05, 0) is 37.6 Å². The molecule has 0 aliphatic heterocycles. The van der Waals surface area contributed by atoms with Crippen molar-refractivity contribution in [2.45, 2.75) is 13.8 Å². The Balaban J connectivity index is 2.49. The Kier molecular flexibility index (Phi) is 4.05. The number of ketones is 1. The smallest absolute Gasteiger partial charge is 0.194 e. The van der Waals surface area contributed by atoms with Gasteiger partial charge in [0.15, 0.2) is 5.78 Å². The number of hydrogen-bond acceptors (Lipinski definition) is 2. The van der Waals surface area contributed by atoms with E-state index < -0.39 is 0 Å². The Hall–Kier alpha value is -1.61. The number of benzene rings is 2. The molecule has 0 saturated heterocycles. The van der Waals surface area contributed by atoms with Crippen molar-refractivity contribution in [1.82, 2.24) is 0 Å². The summed E-state index contributed by atoms with van der Waals surface area (Å²) >= 11 is 3.42. The number of aryl methyl sites for hydroxylation is 2. The van der Waals surface area contributed by atoms with Crippen molar-refractivity contribution in [1.29, 1.82) is 0 Å². The van der Waals surface area contributed by atoms with Gasteiger partial charge in [-0.15, -0.1) is 0 Å². The van der Waals surface area contributed by atoms with E-state index >= 15 is 0 Å². The van der Waals surface area contributed by atoms with Crippen LogP contribution < -0.4 is 4.74 Å². The van der Waals surface area contributed by atoms with Gasteiger partial charge < -0.3 is 4.74 Å². The van der Waals surface area contributed by atoms with E-state index in [1.54, 1.807) is 13.2 Å².